The summed E-state index contributed by atoms with van der Waals surface area (Å²) in [6, 6.07) is 25.0. The lowest BCUT2D eigenvalue weighted by molar-refractivity contribution is -0.926. The monoisotopic (exact) mass is 1810 g/mol. The Hall–Kier alpha value is -12.9. The van der Waals surface area contributed by atoms with Crippen LogP contribution in [0.2, 0.25) is 5.02 Å². The molecule has 9 atom stereocenters. The number of methoxy groups -OCH3 is 1. The summed E-state index contributed by atoms with van der Waals surface area (Å²) in [6.45, 7) is 7.87. The molecule has 0 bridgehead atoms. The summed E-state index contributed by atoms with van der Waals surface area (Å²) >= 11 is 8.57. The number of amides is 9. The highest BCUT2D eigenvalue weighted by atomic mass is 35.5. The number of urea groups is 1. The third-order valence-corrected chi connectivity index (χ3v) is 23.3. The molecule has 5 aromatic carbocycles. The number of fused-ring (bicyclic) bond motifs is 1. The van der Waals surface area contributed by atoms with E-state index in [1.807, 2.05) is 36.6 Å². The third kappa shape index (κ3) is 24.8. The number of hydrogen-bond acceptors (Lipinski definition) is 27. The number of hydrogen-bond donors (Lipinski definition) is 12. The summed E-state index contributed by atoms with van der Waals surface area (Å²) in [5.41, 5.74) is 10.7. The number of aromatic nitrogens is 4. The number of ether oxygens (including phenoxy) is 7. The van der Waals surface area contributed by atoms with Gasteiger partial charge in [-0.2, -0.15) is 0 Å². The maximum absolute atomic E-state index is 14.6. The molecule has 38 nitrogen and oxygen atoms in total. The number of thiophene rings is 1. The van der Waals surface area contributed by atoms with Gasteiger partial charge in [0.1, 0.15) is 90.4 Å². The van der Waals surface area contributed by atoms with Crippen molar-refractivity contribution >= 4 is 104 Å². The first kappa shape index (κ1) is 95.7. The van der Waals surface area contributed by atoms with Crippen LogP contribution < -0.4 is 51.3 Å². The van der Waals surface area contributed by atoms with Crippen LogP contribution in [0.4, 0.5) is 19.7 Å². The molecular weight excluding hydrogens is 1710 g/mol. The van der Waals surface area contributed by atoms with Crippen molar-refractivity contribution in [2.45, 2.75) is 128 Å². The average Bonchev–Trinajstić information content (AvgIpc) is 1.59. The molecule has 6 heterocycles. The number of nitrogens with two attached hydrogens (primary N) is 1. The van der Waals surface area contributed by atoms with E-state index in [9.17, 15) is 87.8 Å². The number of para-hydroxylation sites is 2. The highest BCUT2D eigenvalue weighted by Gasteiger charge is 2.49. The number of carboxylic acid groups (broad SMARTS) is 3. The van der Waals surface area contributed by atoms with Gasteiger partial charge < -0.3 is 105 Å². The Morgan fingerprint density at radius 2 is 1.48 bits per heavy atom. The molecule has 13 N–H and O–H groups in total. The number of aliphatic hydroxyl groups is 3. The number of aliphatic carboxylic acids is 3. The van der Waals surface area contributed by atoms with Gasteiger partial charge in [-0.05, 0) is 108 Å². The van der Waals surface area contributed by atoms with E-state index in [-0.39, 0.29) is 88.3 Å². The number of carboxylic acids is 3. The molecule has 128 heavy (non-hydrogen) atoms. The molecule has 41 heteroatoms. The van der Waals surface area contributed by atoms with Gasteiger partial charge in [0.25, 0.3) is 11.8 Å². The molecule has 3 aliphatic heterocycles. The Labute approximate surface area is 742 Å². The number of primary amides is 1. The molecule has 0 radical (unpaired) electrons. The second-order valence-corrected chi connectivity index (χ2v) is 32.5. The first-order chi connectivity index (χ1) is 61.2. The number of piperazine rings is 1. The maximum atomic E-state index is 14.6. The van der Waals surface area contributed by atoms with Crippen molar-refractivity contribution in [1.29, 1.82) is 0 Å². The number of carbonyl (C=O) groups excluding carboxylic acids is 8. The maximum Gasteiger partial charge on any atom is 0.410 e. The van der Waals surface area contributed by atoms with Crippen LogP contribution in [0.1, 0.15) is 67.5 Å². The normalized spacial score (nSPS) is 17.6. The highest BCUT2D eigenvalue weighted by Crippen LogP contribution is 2.50. The molecule has 680 valence electrons. The van der Waals surface area contributed by atoms with E-state index >= 15 is 0 Å². The Kier molecular flexibility index (Phi) is 32.9. The van der Waals surface area contributed by atoms with Crippen molar-refractivity contribution in [3.8, 4) is 56.1 Å². The van der Waals surface area contributed by atoms with Gasteiger partial charge >= 0.3 is 30.0 Å². The largest absolute Gasteiger partial charge is 0.496 e. The van der Waals surface area contributed by atoms with E-state index in [4.69, 9.17) is 55.5 Å². The minimum Gasteiger partial charge on any atom is -0.496 e. The van der Waals surface area contributed by atoms with Crippen LogP contribution >= 0.6 is 22.9 Å². The summed E-state index contributed by atoms with van der Waals surface area (Å²) in [4.78, 5) is 166. The smallest absolute Gasteiger partial charge is 0.410 e. The van der Waals surface area contributed by atoms with E-state index in [1.54, 1.807) is 107 Å². The number of quaternary nitrogens is 1. The topological polar surface area (TPSA) is 521 Å². The van der Waals surface area contributed by atoms with Crippen LogP contribution in [-0.4, -0.2) is 277 Å². The SMILES string of the molecule is COc1ccccc1-c1nccc(COc2ccccc2C[C@@H](Oc2ncnc3sc(-c4ccc(F)cc4)c(-c4ccc(OCCN5CC[N+](C)(Cc6ccc(NC(=O)[C@H](CCCNC(N)=O)NC(=O)[C@@H](NC(=O)CCOCCN7C(=O)C=CC7=O)C(C)C)cc6CN(C)C(=O)C[C@H](NC(=O)OC6O[C@H](C(=O)O)[C@@H](O)[C@H](O)[C@H]6O)C(=O)O)CC5)c(Cl)c4C)c23)C(=O)O)n1. The van der Waals surface area contributed by atoms with Crippen molar-refractivity contribution in [3.63, 3.8) is 0 Å². The Bertz CT molecular complexity index is 5410. The number of benzene rings is 5. The number of nitrogens with zero attached hydrogens (tertiary/aromatic N) is 8. The van der Waals surface area contributed by atoms with Gasteiger partial charge in [0.15, 0.2) is 11.9 Å². The van der Waals surface area contributed by atoms with Gasteiger partial charge in [-0.3, -0.25) is 38.6 Å². The standard InChI is InChI=1S/C87H98ClFN14O24S/c1-47(2)71(99-64(104)28-37-122-38-34-102-65(105)25-26-66(102)106)79(112)97-58(14-11-29-92-86(90)119)78(111)96-54-22-19-51(52(40-54)43-100(4)67(107)42-59(82(113)114)98-87(120)127-85-74(110)72(108)73(109)75(126-85)84(117)118)44-103(5)35-31-101(32-36-103)33-39-123-62-24-23-56(48(3)70(62)88)68-69-80(93-46-94-81(69)128-76(68)49-17-20-53(89)21-18-49)125-63(83(115)116)41-50-12-7-9-15-60(50)124-45-55-27-30-91-77(95-55)57-13-8-10-16-61(57)121-6/h7-10,12-13,15-27,30,40,46-47,58-59,63,71-75,85,108-110H,11,14,28-29,31-39,41-45H2,1-6H3,(H9-,90,92,96,97,98,99,104,111,112,113,114,115,116,117,118,119,120)/p+1/t58-,59-,63+,71-,72-,73-,74+,75-,85?/m0/s1. The second kappa shape index (κ2) is 44.0. The van der Waals surface area contributed by atoms with Gasteiger partial charge in [0.05, 0.1) is 75.1 Å². The van der Waals surface area contributed by atoms with E-state index in [0.29, 0.717) is 132 Å². The summed E-state index contributed by atoms with van der Waals surface area (Å²) < 4.78 is 55.3. The number of rotatable bonds is 42. The van der Waals surface area contributed by atoms with Crippen molar-refractivity contribution in [3.05, 3.63) is 173 Å². The minimum atomic E-state index is -2.21. The van der Waals surface area contributed by atoms with Crippen molar-refractivity contribution in [2.24, 2.45) is 11.7 Å². The first-order valence-electron chi connectivity index (χ1n) is 40.8. The Morgan fingerprint density at radius 3 is 2.18 bits per heavy atom. The zero-order chi connectivity index (χ0) is 92.2. The number of alkyl carbamates (subject to hydrolysis) is 1. The number of likely N-dealkylation sites (N-methyl/N-ethyl adjacent to an activating group) is 1. The number of carbonyl (C=O) groups is 11. The first-order valence-corrected chi connectivity index (χ1v) is 42.0. The molecule has 2 saturated heterocycles. The molecule has 1 unspecified atom stereocenters. The number of aliphatic hydroxyl groups excluding tert-OH is 3. The summed E-state index contributed by atoms with van der Waals surface area (Å²) in [7, 11) is 4.94. The Morgan fingerprint density at radius 1 is 0.766 bits per heavy atom. The second-order valence-electron chi connectivity index (χ2n) is 31.2. The molecule has 11 rings (SSSR count). The molecule has 0 aliphatic carbocycles. The van der Waals surface area contributed by atoms with Crippen molar-refractivity contribution < 1.29 is 125 Å². The minimum absolute atomic E-state index is 0.00228. The van der Waals surface area contributed by atoms with Crippen LogP contribution in [0, 0.1) is 18.7 Å². The molecule has 8 aromatic rings. The van der Waals surface area contributed by atoms with E-state index < -0.39 is 139 Å². The van der Waals surface area contributed by atoms with E-state index in [1.165, 1.54) is 36.8 Å². The van der Waals surface area contributed by atoms with Gasteiger partial charge in [-0.25, -0.2) is 48.3 Å². The van der Waals surface area contributed by atoms with Crippen LogP contribution in [0.3, 0.4) is 0 Å². The summed E-state index contributed by atoms with van der Waals surface area (Å²) in [5.74, 6) is -8.02. The molecule has 0 spiro atoms. The van der Waals surface area contributed by atoms with Crippen LogP contribution in [0.15, 0.2) is 134 Å². The van der Waals surface area contributed by atoms with Gasteiger partial charge in [0.2, 0.25) is 41.9 Å². The lowest BCUT2D eigenvalue weighted by atomic mass is 9.96. The van der Waals surface area contributed by atoms with Gasteiger partial charge in [-0.1, -0.05) is 80.0 Å². The quantitative estimate of drug-likeness (QED) is 0.0130. The van der Waals surface area contributed by atoms with Crippen LogP contribution in [-0.2, 0) is 83.5 Å². The van der Waals surface area contributed by atoms with Crippen LogP contribution in [0.5, 0.6) is 23.1 Å². The Balaban J connectivity index is 0.777. The highest BCUT2D eigenvalue weighted by molar-refractivity contribution is 7.22. The fourth-order valence-corrected chi connectivity index (χ4v) is 15.9. The average molecular weight is 1810 g/mol. The zero-order valence-electron chi connectivity index (χ0n) is 70.6. The molecule has 2 fully saturated rings. The summed E-state index contributed by atoms with van der Waals surface area (Å²) in [6.07, 6.45) is -10.1. The van der Waals surface area contributed by atoms with Crippen molar-refractivity contribution in [1.82, 2.24) is 55.9 Å². The number of imide groups is 1. The number of nitrogens with one attached hydrogen (secondary N) is 5. The molecule has 3 aromatic heterocycles. The zero-order valence-corrected chi connectivity index (χ0v) is 72.1. The molecule has 3 aliphatic rings. The fourth-order valence-electron chi connectivity index (χ4n) is 14.5. The predicted molar refractivity (Wildman–Crippen MR) is 458 cm³/mol. The molecule has 9 amide bonds. The number of halogens is 2. The lowest BCUT2D eigenvalue weighted by Gasteiger charge is -2.42. The molecular formula is C87H99ClFN14O24S+. The molecule has 0 saturated carbocycles. The third-order valence-electron chi connectivity index (χ3n) is 21.7. The number of anilines is 1. The van der Waals surface area contributed by atoms with E-state index in [2.05, 4.69) is 41.1 Å². The van der Waals surface area contributed by atoms with Crippen molar-refractivity contribution in [2.75, 3.05) is 92.2 Å². The summed E-state index contributed by atoms with van der Waals surface area (Å²) in [5, 5.41) is 74.8. The van der Waals surface area contributed by atoms with Gasteiger partial charge in [-0.15, -0.1) is 11.3 Å². The van der Waals surface area contributed by atoms with Crippen LogP contribution in [0.25, 0.3) is 43.2 Å². The fraction of sp³-hybridized carbons (Fsp3) is 0.391. The lowest BCUT2D eigenvalue weighted by Crippen LogP contribution is -2.61. The predicted octanol–water partition coefficient (Wildman–Crippen LogP) is 5.35. The van der Waals surface area contributed by atoms with Gasteiger partial charge in [0, 0.05) is 92.7 Å². The van der Waals surface area contributed by atoms with E-state index in [0.717, 1.165) is 22.0 Å².